The van der Waals surface area contributed by atoms with Crippen molar-refractivity contribution in [2.24, 2.45) is 0 Å². The van der Waals surface area contributed by atoms with E-state index in [0.717, 1.165) is 4.47 Å². The molecule has 3 rings (SSSR count). The van der Waals surface area contributed by atoms with Crippen LogP contribution in [-0.2, 0) is 20.0 Å². The zero-order valence-corrected chi connectivity index (χ0v) is 19.7. The summed E-state index contributed by atoms with van der Waals surface area (Å²) < 4.78 is 66.4. The van der Waals surface area contributed by atoms with Crippen molar-refractivity contribution in [2.45, 2.75) is 9.79 Å². The Labute approximate surface area is 189 Å². The molecule has 3 aromatic carbocycles. The average molecular weight is 527 g/mol. The predicted molar refractivity (Wildman–Crippen MR) is 122 cm³/mol. The van der Waals surface area contributed by atoms with Gasteiger partial charge < -0.3 is 9.47 Å². The van der Waals surface area contributed by atoms with Crippen LogP contribution in [0.25, 0.3) is 0 Å². The summed E-state index contributed by atoms with van der Waals surface area (Å²) in [6, 6.07) is 16.2. The number of benzene rings is 3. The summed E-state index contributed by atoms with van der Waals surface area (Å²) in [6.45, 7) is 0. The van der Waals surface area contributed by atoms with Gasteiger partial charge in [-0.15, -0.1) is 0 Å². The van der Waals surface area contributed by atoms with Crippen molar-refractivity contribution in [1.29, 1.82) is 0 Å². The van der Waals surface area contributed by atoms with Gasteiger partial charge >= 0.3 is 0 Å². The number of hydrogen-bond acceptors (Lipinski definition) is 6. The molecule has 0 atom stereocenters. The fraction of sp³-hybridized carbons (Fsp3) is 0.100. The minimum Gasteiger partial charge on any atom is -0.493 e. The highest BCUT2D eigenvalue weighted by Crippen LogP contribution is 2.30. The Morgan fingerprint density at radius 1 is 0.645 bits per heavy atom. The van der Waals surface area contributed by atoms with Gasteiger partial charge in [-0.1, -0.05) is 15.9 Å². The minimum atomic E-state index is -3.93. The Kier molecular flexibility index (Phi) is 6.77. The van der Waals surface area contributed by atoms with Crippen LogP contribution in [0, 0.1) is 0 Å². The van der Waals surface area contributed by atoms with Crippen LogP contribution in [0.2, 0.25) is 0 Å². The number of sulfonamides is 2. The highest BCUT2D eigenvalue weighted by atomic mass is 79.9. The third-order valence-electron chi connectivity index (χ3n) is 4.18. The molecular weight excluding hydrogens is 508 g/mol. The lowest BCUT2D eigenvalue weighted by atomic mass is 10.3. The lowest BCUT2D eigenvalue weighted by Gasteiger charge is -2.12. The van der Waals surface area contributed by atoms with Crippen LogP contribution >= 0.6 is 15.9 Å². The van der Waals surface area contributed by atoms with E-state index in [0.29, 0.717) is 11.4 Å². The van der Waals surface area contributed by atoms with E-state index >= 15 is 0 Å². The molecule has 0 bridgehead atoms. The standard InChI is InChI=1S/C20H19BrN2O6S2/c1-28-19-12-11-18(13-20(19)29-2)31(26,27)23-16-7-9-17(10-8-16)30(24,25)22-15-5-3-14(21)4-6-15/h3-13,22-23H,1-2H3. The maximum absolute atomic E-state index is 12.7. The number of rotatable bonds is 8. The van der Waals surface area contributed by atoms with Crippen molar-refractivity contribution >= 4 is 47.4 Å². The van der Waals surface area contributed by atoms with Gasteiger partial charge in [-0.25, -0.2) is 16.8 Å². The SMILES string of the molecule is COc1ccc(S(=O)(=O)Nc2ccc(S(=O)(=O)Nc3ccc(Br)cc3)cc2)cc1OC. The van der Waals surface area contributed by atoms with E-state index in [1.54, 1.807) is 24.3 Å². The van der Waals surface area contributed by atoms with Crippen LogP contribution < -0.4 is 18.9 Å². The second kappa shape index (κ2) is 9.16. The smallest absolute Gasteiger partial charge is 0.262 e. The zero-order chi connectivity index (χ0) is 22.6. The van der Waals surface area contributed by atoms with Crippen LogP contribution in [0.1, 0.15) is 0 Å². The van der Waals surface area contributed by atoms with E-state index in [9.17, 15) is 16.8 Å². The van der Waals surface area contributed by atoms with Gasteiger partial charge in [0.1, 0.15) is 0 Å². The molecule has 164 valence electrons. The Bertz CT molecular complexity index is 1280. The molecule has 11 heteroatoms. The molecular formula is C20H19BrN2O6S2. The van der Waals surface area contributed by atoms with E-state index in [2.05, 4.69) is 25.4 Å². The number of ether oxygens (including phenoxy) is 2. The molecule has 0 amide bonds. The third-order valence-corrected chi connectivity index (χ3v) is 7.48. The van der Waals surface area contributed by atoms with E-state index in [1.807, 2.05) is 0 Å². The quantitative estimate of drug-likeness (QED) is 0.457. The van der Waals surface area contributed by atoms with Gasteiger partial charge in [0.15, 0.2) is 11.5 Å². The molecule has 3 aromatic rings. The van der Waals surface area contributed by atoms with Crippen molar-refractivity contribution in [3.63, 3.8) is 0 Å². The van der Waals surface area contributed by atoms with Gasteiger partial charge in [-0.05, 0) is 60.7 Å². The predicted octanol–water partition coefficient (Wildman–Crippen LogP) is 4.07. The van der Waals surface area contributed by atoms with E-state index in [1.165, 1.54) is 56.7 Å². The van der Waals surface area contributed by atoms with Crippen molar-refractivity contribution in [2.75, 3.05) is 23.7 Å². The van der Waals surface area contributed by atoms with Gasteiger partial charge in [0.05, 0.1) is 24.0 Å². The Morgan fingerprint density at radius 3 is 1.61 bits per heavy atom. The Hall–Kier alpha value is -2.76. The highest BCUT2D eigenvalue weighted by molar-refractivity contribution is 9.10. The maximum atomic E-state index is 12.7. The lowest BCUT2D eigenvalue weighted by Crippen LogP contribution is -2.14. The maximum Gasteiger partial charge on any atom is 0.262 e. The Balaban J connectivity index is 1.79. The molecule has 2 N–H and O–H groups in total. The fourth-order valence-electron chi connectivity index (χ4n) is 2.63. The number of anilines is 2. The summed E-state index contributed by atoms with van der Waals surface area (Å²) in [5.74, 6) is 0.667. The molecule has 0 spiro atoms. The summed E-state index contributed by atoms with van der Waals surface area (Å²) in [5, 5.41) is 0. The number of nitrogens with one attached hydrogen (secondary N) is 2. The summed E-state index contributed by atoms with van der Waals surface area (Å²) in [4.78, 5) is -0.0387. The molecule has 0 saturated carbocycles. The summed E-state index contributed by atoms with van der Waals surface area (Å²) in [7, 11) is -4.90. The van der Waals surface area contributed by atoms with Crippen molar-refractivity contribution in [1.82, 2.24) is 0 Å². The first kappa shape index (κ1) is 22.9. The molecule has 0 saturated heterocycles. The largest absolute Gasteiger partial charge is 0.493 e. The van der Waals surface area contributed by atoms with Crippen LogP contribution in [-0.4, -0.2) is 31.1 Å². The number of hydrogen-bond donors (Lipinski definition) is 2. The summed E-state index contributed by atoms with van der Waals surface area (Å²) in [5.41, 5.74) is 0.610. The summed E-state index contributed by atoms with van der Waals surface area (Å²) >= 11 is 3.29. The zero-order valence-electron chi connectivity index (χ0n) is 16.5. The van der Waals surface area contributed by atoms with Gasteiger partial charge in [-0.3, -0.25) is 9.44 Å². The number of methoxy groups -OCH3 is 2. The average Bonchev–Trinajstić information content (AvgIpc) is 2.74. The van der Waals surface area contributed by atoms with Gasteiger partial charge in [0.25, 0.3) is 20.0 Å². The van der Waals surface area contributed by atoms with Gasteiger partial charge in [-0.2, -0.15) is 0 Å². The van der Waals surface area contributed by atoms with E-state index in [4.69, 9.17) is 9.47 Å². The third kappa shape index (κ3) is 5.49. The monoisotopic (exact) mass is 526 g/mol. The first-order chi connectivity index (χ1) is 14.6. The normalized spacial score (nSPS) is 11.6. The first-order valence-corrected chi connectivity index (χ1v) is 12.5. The molecule has 0 aliphatic rings. The summed E-state index contributed by atoms with van der Waals surface area (Å²) in [6.07, 6.45) is 0. The lowest BCUT2D eigenvalue weighted by molar-refractivity contribution is 0.354. The molecule has 0 radical (unpaired) electrons. The van der Waals surface area contributed by atoms with Crippen LogP contribution in [0.4, 0.5) is 11.4 Å². The van der Waals surface area contributed by atoms with Crippen LogP contribution in [0.15, 0.2) is 81.0 Å². The van der Waals surface area contributed by atoms with Crippen molar-refractivity contribution in [3.05, 3.63) is 71.2 Å². The van der Waals surface area contributed by atoms with E-state index < -0.39 is 20.0 Å². The Morgan fingerprint density at radius 2 is 1.10 bits per heavy atom. The molecule has 0 heterocycles. The molecule has 0 aromatic heterocycles. The molecule has 8 nitrogen and oxygen atoms in total. The molecule has 0 aliphatic heterocycles. The first-order valence-electron chi connectivity index (χ1n) is 8.78. The van der Waals surface area contributed by atoms with Gasteiger partial charge in [0, 0.05) is 21.9 Å². The molecule has 0 unspecified atom stereocenters. The van der Waals surface area contributed by atoms with Crippen molar-refractivity contribution < 1.29 is 26.3 Å². The second-order valence-corrected chi connectivity index (χ2v) is 10.5. The van der Waals surface area contributed by atoms with E-state index in [-0.39, 0.29) is 21.2 Å². The van der Waals surface area contributed by atoms with Gasteiger partial charge in [0.2, 0.25) is 0 Å². The highest BCUT2D eigenvalue weighted by Gasteiger charge is 2.19. The molecule has 0 aliphatic carbocycles. The molecule has 31 heavy (non-hydrogen) atoms. The molecule has 0 fully saturated rings. The number of halogens is 1. The second-order valence-electron chi connectivity index (χ2n) is 6.26. The minimum absolute atomic E-state index is 0.00974. The van der Waals surface area contributed by atoms with Crippen LogP contribution in [0.3, 0.4) is 0 Å². The van der Waals surface area contributed by atoms with Crippen LogP contribution in [0.5, 0.6) is 11.5 Å². The fourth-order valence-corrected chi connectivity index (χ4v) is 5.03. The topological polar surface area (TPSA) is 111 Å². The van der Waals surface area contributed by atoms with Crippen molar-refractivity contribution in [3.8, 4) is 11.5 Å².